The second-order valence-electron chi connectivity index (χ2n) is 5.36. The van der Waals surface area contributed by atoms with Crippen LogP contribution in [0.5, 0.6) is 0 Å². The first-order valence-electron chi connectivity index (χ1n) is 7.29. The van der Waals surface area contributed by atoms with E-state index in [1.165, 1.54) is 5.56 Å². The molecule has 0 aliphatic rings. The minimum absolute atomic E-state index is 0.363. The molecule has 114 valence electrons. The van der Waals surface area contributed by atoms with Gasteiger partial charge in [0.15, 0.2) is 0 Å². The second-order valence-corrected chi connectivity index (χ2v) is 5.36. The van der Waals surface area contributed by atoms with E-state index >= 15 is 0 Å². The fourth-order valence-corrected chi connectivity index (χ4v) is 2.05. The van der Waals surface area contributed by atoms with Gasteiger partial charge in [-0.3, -0.25) is 4.90 Å². The molecule has 0 aromatic heterocycles. The van der Waals surface area contributed by atoms with Crippen molar-refractivity contribution in [2.45, 2.75) is 32.5 Å². The molecule has 0 saturated carbocycles. The molecule has 4 heteroatoms. The average molecular weight is 280 g/mol. The number of rotatable bonds is 10. The third kappa shape index (κ3) is 7.01. The summed E-state index contributed by atoms with van der Waals surface area (Å²) in [4.78, 5) is 2.29. The van der Waals surface area contributed by atoms with Crippen LogP contribution in [0, 0.1) is 0 Å². The predicted octanol–water partition coefficient (Wildman–Crippen LogP) is 1.49. The molecular formula is C16H28N2O2. The van der Waals surface area contributed by atoms with Crippen LogP contribution in [-0.4, -0.2) is 55.5 Å². The minimum Gasteiger partial charge on any atom is -0.390 e. The third-order valence-electron chi connectivity index (χ3n) is 3.27. The SMILES string of the molecule is COCCNCC(O)CN(Cc1ccccc1)C(C)C. The van der Waals surface area contributed by atoms with Crippen LogP contribution in [0.25, 0.3) is 0 Å². The summed E-state index contributed by atoms with van der Waals surface area (Å²) >= 11 is 0. The molecule has 20 heavy (non-hydrogen) atoms. The molecule has 1 atom stereocenters. The summed E-state index contributed by atoms with van der Waals surface area (Å²) in [6.45, 7) is 7.90. The molecule has 0 radical (unpaired) electrons. The molecule has 0 bridgehead atoms. The third-order valence-corrected chi connectivity index (χ3v) is 3.27. The molecule has 0 aliphatic carbocycles. The lowest BCUT2D eigenvalue weighted by atomic mass is 10.1. The fourth-order valence-electron chi connectivity index (χ4n) is 2.05. The van der Waals surface area contributed by atoms with E-state index in [-0.39, 0.29) is 6.10 Å². The lowest BCUT2D eigenvalue weighted by Gasteiger charge is -2.29. The standard InChI is InChI=1S/C16H28N2O2/c1-14(2)18(12-15-7-5-4-6-8-15)13-16(19)11-17-9-10-20-3/h4-8,14,16-17,19H,9-13H2,1-3H3. The zero-order valence-electron chi connectivity index (χ0n) is 12.9. The van der Waals surface area contributed by atoms with Crippen molar-refractivity contribution in [1.82, 2.24) is 10.2 Å². The van der Waals surface area contributed by atoms with Gasteiger partial charge in [0.05, 0.1) is 12.7 Å². The first-order chi connectivity index (χ1) is 9.63. The molecule has 2 N–H and O–H groups in total. The van der Waals surface area contributed by atoms with Gasteiger partial charge in [-0.25, -0.2) is 0 Å². The Labute approximate surface area is 122 Å². The van der Waals surface area contributed by atoms with E-state index in [4.69, 9.17) is 4.74 Å². The van der Waals surface area contributed by atoms with Crippen molar-refractivity contribution in [2.24, 2.45) is 0 Å². The number of ether oxygens (including phenoxy) is 1. The molecular weight excluding hydrogens is 252 g/mol. The van der Waals surface area contributed by atoms with Gasteiger partial charge < -0.3 is 15.2 Å². The molecule has 1 unspecified atom stereocenters. The molecule has 4 nitrogen and oxygen atoms in total. The molecule has 0 amide bonds. The van der Waals surface area contributed by atoms with E-state index in [0.29, 0.717) is 25.7 Å². The maximum atomic E-state index is 10.1. The highest BCUT2D eigenvalue weighted by atomic mass is 16.5. The van der Waals surface area contributed by atoms with Gasteiger partial charge in [-0.15, -0.1) is 0 Å². The highest BCUT2D eigenvalue weighted by Crippen LogP contribution is 2.08. The quantitative estimate of drug-likeness (QED) is 0.638. The van der Waals surface area contributed by atoms with Crippen molar-refractivity contribution in [2.75, 3.05) is 33.4 Å². The van der Waals surface area contributed by atoms with Crippen LogP contribution >= 0.6 is 0 Å². The van der Waals surface area contributed by atoms with Crippen molar-refractivity contribution < 1.29 is 9.84 Å². The summed E-state index contributed by atoms with van der Waals surface area (Å²) < 4.78 is 4.97. The van der Waals surface area contributed by atoms with Crippen LogP contribution in [-0.2, 0) is 11.3 Å². The Morgan fingerprint density at radius 1 is 1.25 bits per heavy atom. The largest absolute Gasteiger partial charge is 0.390 e. The Morgan fingerprint density at radius 3 is 2.55 bits per heavy atom. The lowest BCUT2D eigenvalue weighted by molar-refractivity contribution is 0.0881. The summed E-state index contributed by atoms with van der Waals surface area (Å²) in [6, 6.07) is 10.8. The summed E-state index contributed by atoms with van der Waals surface area (Å²) in [5.74, 6) is 0. The number of benzene rings is 1. The first-order valence-corrected chi connectivity index (χ1v) is 7.29. The number of hydrogen-bond acceptors (Lipinski definition) is 4. The van der Waals surface area contributed by atoms with Crippen molar-refractivity contribution in [3.8, 4) is 0 Å². The highest BCUT2D eigenvalue weighted by Gasteiger charge is 2.14. The van der Waals surface area contributed by atoms with Crippen LogP contribution in [0.4, 0.5) is 0 Å². The number of aliphatic hydroxyl groups is 1. The van der Waals surface area contributed by atoms with Gasteiger partial charge in [0.1, 0.15) is 0 Å². The summed E-state index contributed by atoms with van der Waals surface area (Å²) in [6.07, 6.45) is -0.363. The molecule has 0 spiro atoms. The lowest BCUT2D eigenvalue weighted by Crippen LogP contribution is -2.41. The molecule has 0 aliphatic heterocycles. The summed E-state index contributed by atoms with van der Waals surface area (Å²) in [5, 5.41) is 13.3. The highest BCUT2D eigenvalue weighted by molar-refractivity contribution is 5.14. The Bertz CT molecular complexity index is 344. The van der Waals surface area contributed by atoms with E-state index in [1.54, 1.807) is 7.11 Å². The van der Waals surface area contributed by atoms with E-state index in [2.05, 4.69) is 48.3 Å². The van der Waals surface area contributed by atoms with Crippen LogP contribution in [0.1, 0.15) is 19.4 Å². The van der Waals surface area contributed by atoms with Gasteiger partial charge in [-0.1, -0.05) is 30.3 Å². The molecule has 0 heterocycles. The predicted molar refractivity (Wildman–Crippen MR) is 82.7 cm³/mol. The Kier molecular flexibility index (Phi) is 8.46. The molecule has 1 aromatic carbocycles. The normalized spacial score (nSPS) is 13.1. The zero-order valence-corrected chi connectivity index (χ0v) is 12.9. The second kappa shape index (κ2) is 9.88. The Balaban J connectivity index is 2.38. The summed E-state index contributed by atoms with van der Waals surface area (Å²) in [7, 11) is 1.68. The number of nitrogens with one attached hydrogen (secondary N) is 1. The van der Waals surface area contributed by atoms with E-state index in [9.17, 15) is 5.11 Å². The van der Waals surface area contributed by atoms with Gasteiger partial charge in [-0.05, 0) is 19.4 Å². The minimum atomic E-state index is -0.363. The fraction of sp³-hybridized carbons (Fsp3) is 0.625. The van der Waals surface area contributed by atoms with Gasteiger partial charge >= 0.3 is 0 Å². The average Bonchev–Trinajstić information content (AvgIpc) is 2.44. The van der Waals surface area contributed by atoms with Crippen LogP contribution in [0.15, 0.2) is 30.3 Å². The molecule has 0 fully saturated rings. The van der Waals surface area contributed by atoms with E-state index in [0.717, 1.165) is 13.1 Å². The first kappa shape index (κ1) is 17.1. The maximum Gasteiger partial charge on any atom is 0.0791 e. The van der Waals surface area contributed by atoms with Crippen LogP contribution < -0.4 is 5.32 Å². The molecule has 1 rings (SSSR count). The molecule has 1 aromatic rings. The van der Waals surface area contributed by atoms with E-state index < -0.39 is 0 Å². The zero-order chi connectivity index (χ0) is 14.8. The van der Waals surface area contributed by atoms with Gasteiger partial charge in [0.2, 0.25) is 0 Å². The van der Waals surface area contributed by atoms with Gasteiger partial charge in [0, 0.05) is 39.3 Å². The van der Waals surface area contributed by atoms with E-state index in [1.807, 2.05) is 6.07 Å². The number of hydrogen-bond donors (Lipinski definition) is 2. The van der Waals surface area contributed by atoms with Crippen LogP contribution in [0.3, 0.4) is 0 Å². The number of nitrogens with zero attached hydrogens (tertiary/aromatic N) is 1. The van der Waals surface area contributed by atoms with Gasteiger partial charge in [0.25, 0.3) is 0 Å². The van der Waals surface area contributed by atoms with Crippen LogP contribution in [0.2, 0.25) is 0 Å². The van der Waals surface area contributed by atoms with Crippen molar-refractivity contribution in [3.63, 3.8) is 0 Å². The van der Waals surface area contributed by atoms with Gasteiger partial charge in [-0.2, -0.15) is 0 Å². The monoisotopic (exact) mass is 280 g/mol. The van der Waals surface area contributed by atoms with Crippen molar-refractivity contribution in [1.29, 1.82) is 0 Å². The topological polar surface area (TPSA) is 44.7 Å². The Hall–Kier alpha value is -0.940. The maximum absolute atomic E-state index is 10.1. The number of aliphatic hydroxyl groups excluding tert-OH is 1. The number of methoxy groups -OCH3 is 1. The Morgan fingerprint density at radius 2 is 1.95 bits per heavy atom. The van der Waals surface area contributed by atoms with Crippen molar-refractivity contribution in [3.05, 3.63) is 35.9 Å². The van der Waals surface area contributed by atoms with Crippen molar-refractivity contribution >= 4 is 0 Å². The summed E-state index contributed by atoms with van der Waals surface area (Å²) in [5.41, 5.74) is 1.28. The molecule has 0 saturated heterocycles. The smallest absolute Gasteiger partial charge is 0.0791 e.